The van der Waals surface area contributed by atoms with Gasteiger partial charge in [0.1, 0.15) is 11.9 Å². The number of hydrogen-bond donors (Lipinski definition) is 1. The van der Waals surface area contributed by atoms with Crippen LogP contribution in [0.2, 0.25) is 10.0 Å². The summed E-state index contributed by atoms with van der Waals surface area (Å²) in [6.45, 7) is 5.80. The van der Waals surface area contributed by atoms with Crippen LogP contribution in [0.25, 0.3) is 11.4 Å². The number of aromatic nitrogens is 3. The minimum absolute atomic E-state index is 0.0319. The number of rotatable bonds is 5. The lowest BCUT2D eigenvalue weighted by Gasteiger charge is -2.19. The Labute approximate surface area is 172 Å². The predicted molar refractivity (Wildman–Crippen MR) is 108 cm³/mol. The second-order valence-corrected chi connectivity index (χ2v) is 7.28. The highest BCUT2D eigenvalue weighted by molar-refractivity contribution is 6.31. The molecule has 3 aromatic rings. The molecule has 0 fully saturated rings. The molecular formula is C20H19Cl2FN4O. The molecule has 0 saturated carbocycles. The number of carbonyl (C=O) groups is 1. The second-order valence-electron chi connectivity index (χ2n) is 6.43. The van der Waals surface area contributed by atoms with Gasteiger partial charge in [0.05, 0.1) is 5.02 Å². The molecule has 0 bridgehead atoms. The Hall–Kier alpha value is -2.44. The lowest BCUT2D eigenvalue weighted by atomic mass is 10.0. The van der Waals surface area contributed by atoms with E-state index in [1.807, 2.05) is 26.0 Å². The standard InChI is InChI=1S/C20H19Cl2FN4O/c1-4-27-20(25-19(26-27)13-5-6-16(22)17(23)10-13)18(24-12(3)28)14-7-11(2)8-15(21)9-14/h5-10,18H,4H2,1-3H3,(H,24,28). The third-order valence-corrected chi connectivity index (χ3v) is 4.71. The average Bonchev–Trinajstić information content (AvgIpc) is 3.05. The van der Waals surface area contributed by atoms with Crippen LogP contribution in [0, 0.1) is 12.7 Å². The summed E-state index contributed by atoms with van der Waals surface area (Å²) in [4.78, 5) is 16.5. The fraction of sp³-hybridized carbons (Fsp3) is 0.250. The van der Waals surface area contributed by atoms with Gasteiger partial charge in [0.25, 0.3) is 0 Å². The monoisotopic (exact) mass is 420 g/mol. The van der Waals surface area contributed by atoms with Gasteiger partial charge in [-0.2, -0.15) is 5.10 Å². The fourth-order valence-corrected chi connectivity index (χ4v) is 3.41. The SMILES string of the molecule is CCn1nc(-c2ccc(Cl)c(F)c2)nc1C(NC(C)=O)c1cc(C)cc(Cl)c1. The molecule has 146 valence electrons. The van der Waals surface area contributed by atoms with Crippen LogP contribution in [0.15, 0.2) is 36.4 Å². The van der Waals surface area contributed by atoms with Crippen LogP contribution in [-0.2, 0) is 11.3 Å². The molecule has 1 heterocycles. The van der Waals surface area contributed by atoms with Gasteiger partial charge < -0.3 is 5.32 Å². The highest BCUT2D eigenvalue weighted by atomic mass is 35.5. The molecule has 0 spiro atoms. The van der Waals surface area contributed by atoms with Gasteiger partial charge in [-0.1, -0.05) is 29.3 Å². The lowest BCUT2D eigenvalue weighted by Crippen LogP contribution is -2.29. The molecule has 1 amide bonds. The number of halogens is 3. The van der Waals surface area contributed by atoms with Crippen LogP contribution in [0.1, 0.15) is 36.8 Å². The topological polar surface area (TPSA) is 59.8 Å². The maximum Gasteiger partial charge on any atom is 0.217 e. The van der Waals surface area contributed by atoms with Crippen LogP contribution in [0.5, 0.6) is 0 Å². The molecule has 0 radical (unpaired) electrons. The van der Waals surface area contributed by atoms with Crippen LogP contribution < -0.4 is 5.32 Å². The second kappa shape index (κ2) is 8.29. The van der Waals surface area contributed by atoms with Gasteiger partial charge in [-0.25, -0.2) is 14.1 Å². The van der Waals surface area contributed by atoms with Crippen molar-refractivity contribution in [2.45, 2.75) is 33.4 Å². The van der Waals surface area contributed by atoms with E-state index in [-0.39, 0.29) is 10.9 Å². The molecule has 0 aliphatic heterocycles. The van der Waals surface area contributed by atoms with Crippen LogP contribution in [0.3, 0.4) is 0 Å². The van der Waals surface area contributed by atoms with Crippen molar-refractivity contribution in [1.82, 2.24) is 20.1 Å². The van der Waals surface area contributed by atoms with Crippen molar-refractivity contribution in [3.8, 4) is 11.4 Å². The Kier molecular flexibility index (Phi) is 6.01. The van der Waals surface area contributed by atoms with Gasteiger partial charge in [0, 0.05) is 24.1 Å². The largest absolute Gasteiger partial charge is 0.342 e. The molecule has 0 aliphatic rings. The van der Waals surface area contributed by atoms with Gasteiger partial charge in [0.2, 0.25) is 5.91 Å². The van der Waals surface area contributed by atoms with E-state index in [2.05, 4.69) is 15.4 Å². The summed E-state index contributed by atoms with van der Waals surface area (Å²) in [6, 6.07) is 9.41. The zero-order chi connectivity index (χ0) is 20.4. The minimum atomic E-state index is -0.548. The Bertz CT molecular complexity index is 1010. The van der Waals surface area contributed by atoms with E-state index < -0.39 is 11.9 Å². The molecule has 0 aliphatic carbocycles. The van der Waals surface area contributed by atoms with Gasteiger partial charge in [-0.05, 0) is 55.3 Å². The summed E-state index contributed by atoms with van der Waals surface area (Å²) in [6.07, 6.45) is 0. The molecule has 8 heteroatoms. The predicted octanol–water partition coefficient (Wildman–Crippen LogP) is 4.94. The number of hydrogen-bond acceptors (Lipinski definition) is 3. The quantitative estimate of drug-likeness (QED) is 0.635. The van der Waals surface area contributed by atoms with E-state index in [0.29, 0.717) is 28.8 Å². The van der Waals surface area contributed by atoms with Crippen molar-refractivity contribution in [3.63, 3.8) is 0 Å². The highest BCUT2D eigenvalue weighted by Crippen LogP contribution is 2.28. The summed E-state index contributed by atoms with van der Waals surface area (Å²) in [5.74, 6) is 0.121. The van der Waals surface area contributed by atoms with Crippen molar-refractivity contribution >= 4 is 29.1 Å². The minimum Gasteiger partial charge on any atom is -0.342 e. The van der Waals surface area contributed by atoms with E-state index in [0.717, 1.165) is 11.1 Å². The van der Waals surface area contributed by atoms with E-state index in [4.69, 9.17) is 23.2 Å². The molecular weight excluding hydrogens is 402 g/mol. The zero-order valence-corrected chi connectivity index (χ0v) is 17.1. The Morgan fingerprint density at radius 2 is 2.00 bits per heavy atom. The zero-order valence-electron chi connectivity index (χ0n) is 15.6. The number of carbonyl (C=O) groups excluding carboxylic acids is 1. The molecule has 1 N–H and O–H groups in total. The molecule has 3 rings (SSSR count). The highest BCUT2D eigenvalue weighted by Gasteiger charge is 2.24. The van der Waals surface area contributed by atoms with E-state index >= 15 is 0 Å². The maximum atomic E-state index is 13.9. The van der Waals surface area contributed by atoms with Gasteiger partial charge in [0.15, 0.2) is 11.6 Å². The normalized spacial score (nSPS) is 12.1. The van der Waals surface area contributed by atoms with E-state index in [1.54, 1.807) is 16.8 Å². The summed E-state index contributed by atoms with van der Waals surface area (Å²) < 4.78 is 15.6. The molecule has 1 aromatic heterocycles. The summed E-state index contributed by atoms with van der Waals surface area (Å²) in [5, 5.41) is 7.99. The first-order valence-corrected chi connectivity index (χ1v) is 9.48. The van der Waals surface area contributed by atoms with Gasteiger partial charge in [-0.15, -0.1) is 0 Å². The molecule has 28 heavy (non-hydrogen) atoms. The van der Waals surface area contributed by atoms with Crippen molar-refractivity contribution in [3.05, 3.63) is 69.2 Å². The number of nitrogens with one attached hydrogen (secondary N) is 1. The number of aryl methyl sites for hydroxylation is 2. The van der Waals surface area contributed by atoms with Crippen LogP contribution >= 0.6 is 23.2 Å². The molecule has 1 atom stereocenters. The number of amides is 1. The smallest absolute Gasteiger partial charge is 0.217 e. The maximum absolute atomic E-state index is 13.9. The van der Waals surface area contributed by atoms with Crippen molar-refractivity contribution in [1.29, 1.82) is 0 Å². The van der Waals surface area contributed by atoms with Gasteiger partial charge in [-0.3, -0.25) is 4.79 Å². The van der Waals surface area contributed by atoms with Crippen LogP contribution in [-0.4, -0.2) is 20.7 Å². The average molecular weight is 421 g/mol. The van der Waals surface area contributed by atoms with E-state index in [1.165, 1.54) is 19.1 Å². The third-order valence-electron chi connectivity index (χ3n) is 4.18. The number of nitrogens with zero attached hydrogens (tertiary/aromatic N) is 3. The summed E-state index contributed by atoms with van der Waals surface area (Å²) in [7, 11) is 0. The lowest BCUT2D eigenvalue weighted by molar-refractivity contribution is -0.119. The Morgan fingerprint density at radius 3 is 2.61 bits per heavy atom. The molecule has 0 saturated heterocycles. The number of benzene rings is 2. The van der Waals surface area contributed by atoms with Gasteiger partial charge >= 0.3 is 0 Å². The first-order valence-electron chi connectivity index (χ1n) is 8.72. The third kappa shape index (κ3) is 4.34. The fourth-order valence-electron chi connectivity index (χ4n) is 2.99. The molecule has 2 aromatic carbocycles. The van der Waals surface area contributed by atoms with E-state index in [9.17, 15) is 9.18 Å². The Morgan fingerprint density at radius 1 is 1.25 bits per heavy atom. The summed E-state index contributed by atoms with van der Waals surface area (Å²) in [5.41, 5.74) is 2.25. The first kappa shape index (κ1) is 20.3. The first-order chi connectivity index (χ1) is 13.3. The van der Waals surface area contributed by atoms with Crippen molar-refractivity contribution in [2.24, 2.45) is 0 Å². The molecule has 5 nitrogen and oxygen atoms in total. The van der Waals surface area contributed by atoms with Crippen LogP contribution in [0.4, 0.5) is 4.39 Å². The van der Waals surface area contributed by atoms with Crippen molar-refractivity contribution in [2.75, 3.05) is 0 Å². The Balaban J connectivity index is 2.12. The van der Waals surface area contributed by atoms with Crippen molar-refractivity contribution < 1.29 is 9.18 Å². The summed E-state index contributed by atoms with van der Waals surface area (Å²) >= 11 is 12.0. The molecule has 1 unspecified atom stereocenters.